The molecule has 1 spiro atoms. The number of carbonyl (C=O) groups excluding carboxylic acids is 1. The highest BCUT2D eigenvalue weighted by atomic mass is 16.4. The molecule has 28 heavy (non-hydrogen) atoms. The van der Waals surface area contributed by atoms with Gasteiger partial charge in [-0.25, -0.2) is 0 Å². The second-order valence-electron chi connectivity index (χ2n) is 7.99. The van der Waals surface area contributed by atoms with E-state index in [2.05, 4.69) is 41.3 Å². The topological polar surface area (TPSA) is 60.9 Å². The zero-order valence-corrected chi connectivity index (χ0v) is 16.2. The van der Waals surface area contributed by atoms with Gasteiger partial charge in [0.05, 0.1) is 11.5 Å². The number of piperidine rings is 1. The minimum absolute atomic E-state index is 0.0450. The third-order valence-corrected chi connectivity index (χ3v) is 6.53. The van der Waals surface area contributed by atoms with Gasteiger partial charge in [-0.3, -0.25) is 14.5 Å². The van der Waals surface area contributed by atoms with Gasteiger partial charge in [-0.15, -0.1) is 0 Å². The van der Waals surface area contributed by atoms with Crippen molar-refractivity contribution in [2.75, 3.05) is 20.1 Å². The fourth-order valence-electron chi connectivity index (χ4n) is 4.82. The molecule has 146 valence electrons. The molecule has 0 saturated carbocycles. The van der Waals surface area contributed by atoms with Crippen LogP contribution < -0.4 is 0 Å². The summed E-state index contributed by atoms with van der Waals surface area (Å²) in [6.45, 7) is 2.44. The third kappa shape index (κ3) is 3.31. The first-order valence-electron chi connectivity index (χ1n) is 9.86. The summed E-state index contributed by atoms with van der Waals surface area (Å²) in [5.41, 5.74) is 3.14. The van der Waals surface area contributed by atoms with E-state index in [1.165, 1.54) is 16.7 Å². The molecule has 1 amide bonds. The SMILES string of the molecule is CN1C(=O)C[C@H](C(=O)O)C12CCN(Cc1cccc(-c3ccccc3)c1)CC2. The highest BCUT2D eigenvalue weighted by Gasteiger charge is 2.55. The van der Waals surface area contributed by atoms with E-state index in [0.717, 1.165) is 19.6 Å². The summed E-state index contributed by atoms with van der Waals surface area (Å²) in [5.74, 6) is -1.48. The molecule has 0 unspecified atom stereocenters. The van der Waals surface area contributed by atoms with Crippen molar-refractivity contribution < 1.29 is 14.7 Å². The summed E-state index contributed by atoms with van der Waals surface area (Å²) in [4.78, 5) is 27.9. The molecule has 0 radical (unpaired) electrons. The third-order valence-electron chi connectivity index (χ3n) is 6.53. The summed E-state index contributed by atoms with van der Waals surface area (Å²) in [5, 5.41) is 9.61. The first-order valence-corrected chi connectivity index (χ1v) is 9.86. The minimum atomic E-state index is -0.846. The molecule has 1 atom stereocenters. The Morgan fingerprint density at radius 3 is 2.43 bits per heavy atom. The molecule has 5 nitrogen and oxygen atoms in total. The summed E-state index contributed by atoms with van der Waals surface area (Å²) < 4.78 is 0. The van der Waals surface area contributed by atoms with Crippen molar-refractivity contribution >= 4 is 11.9 Å². The number of rotatable bonds is 4. The molecule has 2 aromatic carbocycles. The van der Waals surface area contributed by atoms with Crippen molar-refractivity contribution in [3.05, 3.63) is 60.2 Å². The number of likely N-dealkylation sites (tertiary alicyclic amines) is 2. The van der Waals surface area contributed by atoms with Gasteiger partial charge in [0.2, 0.25) is 5.91 Å². The molecule has 1 N–H and O–H groups in total. The quantitative estimate of drug-likeness (QED) is 0.887. The predicted molar refractivity (Wildman–Crippen MR) is 108 cm³/mol. The molecule has 0 bridgehead atoms. The number of carboxylic acid groups (broad SMARTS) is 1. The minimum Gasteiger partial charge on any atom is -0.481 e. The number of carboxylic acids is 1. The van der Waals surface area contributed by atoms with Crippen LogP contribution in [0.15, 0.2) is 54.6 Å². The van der Waals surface area contributed by atoms with Gasteiger partial charge >= 0.3 is 5.97 Å². The van der Waals surface area contributed by atoms with E-state index in [4.69, 9.17) is 0 Å². The maximum absolute atomic E-state index is 12.2. The molecule has 2 fully saturated rings. The molecular weight excluding hydrogens is 352 g/mol. The van der Waals surface area contributed by atoms with Crippen LogP contribution >= 0.6 is 0 Å². The summed E-state index contributed by atoms with van der Waals surface area (Å²) in [6.07, 6.45) is 1.56. The van der Waals surface area contributed by atoms with Gasteiger partial charge in [-0.2, -0.15) is 0 Å². The van der Waals surface area contributed by atoms with Crippen molar-refractivity contribution in [1.29, 1.82) is 0 Å². The van der Waals surface area contributed by atoms with Crippen LogP contribution in [0, 0.1) is 5.92 Å². The number of aliphatic carboxylic acids is 1. The van der Waals surface area contributed by atoms with E-state index in [1.807, 2.05) is 18.2 Å². The van der Waals surface area contributed by atoms with Gasteiger partial charge in [0, 0.05) is 33.1 Å². The van der Waals surface area contributed by atoms with Crippen LogP contribution in [0.5, 0.6) is 0 Å². The van der Waals surface area contributed by atoms with Gasteiger partial charge in [-0.1, -0.05) is 48.5 Å². The van der Waals surface area contributed by atoms with E-state index in [1.54, 1.807) is 11.9 Å². The Morgan fingerprint density at radius 1 is 1.07 bits per heavy atom. The van der Waals surface area contributed by atoms with E-state index >= 15 is 0 Å². The Morgan fingerprint density at radius 2 is 1.75 bits per heavy atom. The van der Waals surface area contributed by atoms with E-state index in [9.17, 15) is 14.7 Å². The number of nitrogens with zero attached hydrogens (tertiary/aromatic N) is 2. The van der Waals surface area contributed by atoms with Crippen molar-refractivity contribution in [3.8, 4) is 11.1 Å². The Labute approximate surface area is 165 Å². The Balaban J connectivity index is 1.45. The number of hydrogen-bond donors (Lipinski definition) is 1. The van der Waals surface area contributed by atoms with Crippen LogP contribution in [0.4, 0.5) is 0 Å². The number of hydrogen-bond acceptors (Lipinski definition) is 3. The first kappa shape index (κ1) is 18.7. The molecule has 4 rings (SSSR count). The smallest absolute Gasteiger partial charge is 0.309 e. The number of amides is 1. The van der Waals surface area contributed by atoms with E-state index in [-0.39, 0.29) is 12.3 Å². The average Bonchev–Trinajstić information content (AvgIpc) is 2.96. The Bertz CT molecular complexity index is 872. The van der Waals surface area contributed by atoms with Gasteiger partial charge in [0.1, 0.15) is 0 Å². The second kappa shape index (κ2) is 7.40. The fraction of sp³-hybridized carbons (Fsp3) is 0.391. The van der Waals surface area contributed by atoms with Crippen LogP contribution in [-0.2, 0) is 16.1 Å². The number of carbonyl (C=O) groups is 2. The molecule has 0 aliphatic carbocycles. The standard InChI is InChI=1S/C23H26N2O3/c1-24-21(26)15-20(22(27)28)23(24)10-12-25(13-11-23)16-17-6-5-9-19(14-17)18-7-3-2-4-8-18/h2-9,14,20H,10-13,15-16H2,1H3,(H,27,28)/t20-/m1/s1. The summed E-state index contributed by atoms with van der Waals surface area (Å²) in [6, 6.07) is 18.9. The van der Waals surface area contributed by atoms with Crippen molar-refractivity contribution in [1.82, 2.24) is 9.80 Å². The van der Waals surface area contributed by atoms with Gasteiger partial charge in [-0.05, 0) is 35.6 Å². The molecular formula is C23H26N2O3. The zero-order valence-electron chi connectivity index (χ0n) is 16.2. The van der Waals surface area contributed by atoms with Crippen LogP contribution in [0.1, 0.15) is 24.8 Å². The molecule has 0 aromatic heterocycles. The van der Waals surface area contributed by atoms with Crippen LogP contribution in [0.25, 0.3) is 11.1 Å². The van der Waals surface area contributed by atoms with E-state index in [0.29, 0.717) is 12.8 Å². The van der Waals surface area contributed by atoms with Crippen LogP contribution in [0.2, 0.25) is 0 Å². The average molecular weight is 378 g/mol. The molecule has 2 aliphatic rings. The number of benzene rings is 2. The lowest BCUT2D eigenvalue weighted by atomic mass is 9.77. The van der Waals surface area contributed by atoms with E-state index < -0.39 is 17.4 Å². The van der Waals surface area contributed by atoms with Crippen LogP contribution in [0.3, 0.4) is 0 Å². The largest absolute Gasteiger partial charge is 0.481 e. The summed E-state index contributed by atoms with van der Waals surface area (Å²) >= 11 is 0. The normalized spacial score (nSPS) is 22.0. The molecule has 2 saturated heterocycles. The lowest BCUT2D eigenvalue weighted by Gasteiger charge is -2.45. The zero-order chi connectivity index (χ0) is 19.7. The van der Waals surface area contributed by atoms with Gasteiger partial charge in [0.25, 0.3) is 0 Å². The summed E-state index contributed by atoms with van der Waals surface area (Å²) in [7, 11) is 1.77. The Hall–Kier alpha value is -2.66. The fourth-order valence-corrected chi connectivity index (χ4v) is 4.82. The first-order chi connectivity index (χ1) is 13.5. The second-order valence-corrected chi connectivity index (χ2v) is 7.99. The van der Waals surface area contributed by atoms with Gasteiger partial charge in [0.15, 0.2) is 0 Å². The van der Waals surface area contributed by atoms with Crippen molar-refractivity contribution in [2.24, 2.45) is 5.92 Å². The molecule has 2 aliphatic heterocycles. The maximum Gasteiger partial charge on any atom is 0.309 e. The maximum atomic E-state index is 12.2. The molecule has 5 heteroatoms. The molecule has 2 aromatic rings. The van der Waals surface area contributed by atoms with Crippen molar-refractivity contribution in [3.63, 3.8) is 0 Å². The highest BCUT2D eigenvalue weighted by Crippen LogP contribution is 2.43. The Kier molecular flexibility index (Phi) is 4.94. The lowest BCUT2D eigenvalue weighted by molar-refractivity contribution is -0.146. The monoisotopic (exact) mass is 378 g/mol. The van der Waals surface area contributed by atoms with Gasteiger partial charge < -0.3 is 10.0 Å². The highest BCUT2D eigenvalue weighted by molar-refractivity contribution is 5.88. The van der Waals surface area contributed by atoms with Crippen LogP contribution in [-0.4, -0.2) is 52.5 Å². The predicted octanol–water partition coefficient (Wildman–Crippen LogP) is 3.25. The lowest BCUT2D eigenvalue weighted by Crippen LogP contribution is -2.55. The molecule has 2 heterocycles. The van der Waals surface area contributed by atoms with Crippen molar-refractivity contribution in [2.45, 2.75) is 31.3 Å².